The van der Waals surface area contributed by atoms with E-state index in [1.165, 1.54) is 11.3 Å². The van der Waals surface area contributed by atoms with Gasteiger partial charge >= 0.3 is 0 Å². The molecule has 1 aromatic rings. The normalized spacial score (nSPS) is 12.7. The maximum Gasteiger partial charge on any atom is 0.156 e. The number of hydrogen-bond donors (Lipinski definition) is 1. The molecule has 1 unspecified atom stereocenters. The van der Waals surface area contributed by atoms with Crippen LogP contribution in [0.1, 0.15) is 23.5 Å². The molecule has 0 spiro atoms. The third-order valence-electron chi connectivity index (χ3n) is 2.27. The summed E-state index contributed by atoms with van der Waals surface area (Å²) in [6.45, 7) is 2.57. The van der Waals surface area contributed by atoms with Crippen LogP contribution < -0.4 is 5.73 Å². The topological polar surface area (TPSA) is 65.2 Å². The second-order valence-electron chi connectivity index (χ2n) is 3.77. The molecular weight excluding hydrogens is 224 g/mol. The van der Waals surface area contributed by atoms with Crippen LogP contribution in [0.3, 0.4) is 0 Å². The fourth-order valence-electron chi connectivity index (χ4n) is 1.37. The highest BCUT2D eigenvalue weighted by atomic mass is 32.1. The average Bonchev–Trinajstić information content (AvgIpc) is 2.64. The number of methoxy groups -OCH3 is 1. The van der Waals surface area contributed by atoms with Crippen LogP contribution in [0.15, 0.2) is 5.38 Å². The molecule has 0 aliphatic rings. The number of ether oxygens (including phenoxy) is 1. The number of carbonyl (C=O) groups is 1. The molecule has 90 valence electrons. The number of thiazole rings is 1. The van der Waals surface area contributed by atoms with E-state index in [2.05, 4.69) is 4.98 Å². The minimum Gasteiger partial charge on any atom is -0.385 e. The number of aryl methyl sites for hydroxylation is 1. The molecule has 0 aliphatic heterocycles. The molecule has 0 aromatic carbocycles. The molecule has 1 atom stereocenters. The first kappa shape index (κ1) is 13.3. The largest absolute Gasteiger partial charge is 0.385 e. The van der Waals surface area contributed by atoms with E-state index >= 15 is 0 Å². The van der Waals surface area contributed by atoms with Gasteiger partial charge in [-0.25, -0.2) is 4.98 Å². The highest BCUT2D eigenvalue weighted by Gasteiger charge is 2.15. The Kier molecular flexibility index (Phi) is 5.59. The van der Waals surface area contributed by atoms with Crippen molar-refractivity contribution in [3.8, 4) is 0 Å². The minimum absolute atomic E-state index is 0.0606. The lowest BCUT2D eigenvalue weighted by Gasteiger charge is -2.08. The summed E-state index contributed by atoms with van der Waals surface area (Å²) >= 11 is 1.51. The van der Waals surface area contributed by atoms with E-state index in [0.29, 0.717) is 19.4 Å². The van der Waals surface area contributed by atoms with E-state index in [0.717, 1.165) is 17.1 Å². The lowest BCUT2D eigenvalue weighted by Crippen LogP contribution is -2.32. The van der Waals surface area contributed by atoms with E-state index in [9.17, 15) is 4.79 Å². The zero-order chi connectivity index (χ0) is 12.0. The molecule has 0 aliphatic carbocycles. The number of nitrogens with zero attached hydrogens (tertiary/aromatic N) is 1. The Morgan fingerprint density at radius 3 is 3.00 bits per heavy atom. The van der Waals surface area contributed by atoms with E-state index in [-0.39, 0.29) is 11.8 Å². The van der Waals surface area contributed by atoms with Gasteiger partial charge in [-0.3, -0.25) is 4.79 Å². The molecule has 1 heterocycles. The van der Waals surface area contributed by atoms with Crippen LogP contribution in [0.4, 0.5) is 0 Å². The molecular formula is C11H18N2O2S. The maximum absolute atomic E-state index is 11.7. The average molecular weight is 242 g/mol. The maximum atomic E-state index is 11.7. The number of carbonyl (C=O) groups excluding carboxylic acids is 1. The Morgan fingerprint density at radius 2 is 2.44 bits per heavy atom. The van der Waals surface area contributed by atoms with Gasteiger partial charge in [-0.1, -0.05) is 0 Å². The molecule has 0 bridgehead atoms. The molecule has 0 radical (unpaired) electrons. The molecule has 1 aromatic heterocycles. The number of Topliss-reactive ketones (excluding diaryl/α,β-unsaturated/α-hetero) is 1. The first-order chi connectivity index (χ1) is 7.63. The Labute approximate surface area is 99.8 Å². The van der Waals surface area contributed by atoms with Crippen molar-refractivity contribution in [2.75, 3.05) is 13.7 Å². The van der Waals surface area contributed by atoms with Crippen molar-refractivity contribution < 1.29 is 9.53 Å². The summed E-state index contributed by atoms with van der Waals surface area (Å²) in [5, 5.41) is 2.80. The van der Waals surface area contributed by atoms with Crippen molar-refractivity contribution in [3.05, 3.63) is 16.1 Å². The highest BCUT2D eigenvalue weighted by Crippen LogP contribution is 2.11. The molecule has 0 amide bonds. The molecule has 1 rings (SSSR count). The van der Waals surface area contributed by atoms with Gasteiger partial charge in [-0.05, 0) is 19.8 Å². The van der Waals surface area contributed by atoms with Crippen molar-refractivity contribution in [2.45, 2.75) is 32.2 Å². The summed E-state index contributed by atoms with van der Waals surface area (Å²) in [5.74, 6) is 0.0606. The molecule has 0 saturated carbocycles. The number of nitrogens with two attached hydrogens (primary N) is 1. The van der Waals surface area contributed by atoms with Crippen LogP contribution in [0.2, 0.25) is 0 Å². The smallest absolute Gasteiger partial charge is 0.156 e. The molecule has 0 saturated heterocycles. The van der Waals surface area contributed by atoms with Crippen LogP contribution in [-0.4, -0.2) is 30.5 Å². The Bertz CT molecular complexity index is 338. The van der Waals surface area contributed by atoms with Gasteiger partial charge in [-0.15, -0.1) is 11.3 Å². The lowest BCUT2D eigenvalue weighted by atomic mass is 10.1. The predicted octanol–water partition coefficient (Wildman–Crippen LogP) is 1.32. The van der Waals surface area contributed by atoms with Crippen LogP contribution in [0, 0.1) is 6.92 Å². The van der Waals surface area contributed by atoms with Crippen molar-refractivity contribution >= 4 is 17.1 Å². The Hall–Kier alpha value is -0.780. The van der Waals surface area contributed by atoms with E-state index in [1.807, 2.05) is 12.3 Å². The molecule has 16 heavy (non-hydrogen) atoms. The third-order valence-corrected chi connectivity index (χ3v) is 3.24. The fourth-order valence-corrected chi connectivity index (χ4v) is 2.15. The monoisotopic (exact) mass is 242 g/mol. The van der Waals surface area contributed by atoms with Crippen LogP contribution in [0.5, 0.6) is 0 Å². The first-order valence-electron chi connectivity index (χ1n) is 5.31. The van der Waals surface area contributed by atoms with Gasteiger partial charge in [0.05, 0.1) is 12.5 Å². The first-order valence-corrected chi connectivity index (χ1v) is 6.19. The van der Waals surface area contributed by atoms with Crippen molar-refractivity contribution in [1.29, 1.82) is 0 Å². The van der Waals surface area contributed by atoms with Gasteiger partial charge in [0.25, 0.3) is 0 Å². The molecule has 5 heteroatoms. The van der Waals surface area contributed by atoms with Gasteiger partial charge in [0.15, 0.2) is 5.78 Å². The number of rotatable bonds is 7. The molecule has 0 fully saturated rings. The molecule has 2 N–H and O–H groups in total. The van der Waals surface area contributed by atoms with E-state index in [4.69, 9.17) is 10.5 Å². The lowest BCUT2D eigenvalue weighted by molar-refractivity contribution is -0.119. The molecule has 4 nitrogen and oxygen atoms in total. The summed E-state index contributed by atoms with van der Waals surface area (Å²) < 4.78 is 4.92. The Morgan fingerprint density at radius 1 is 1.69 bits per heavy atom. The van der Waals surface area contributed by atoms with Crippen molar-refractivity contribution in [2.24, 2.45) is 5.73 Å². The number of hydrogen-bond acceptors (Lipinski definition) is 5. The SMILES string of the molecule is COCCCC(N)C(=O)Cc1nc(C)cs1. The fraction of sp³-hybridized carbons (Fsp3) is 0.636. The third kappa shape index (κ3) is 4.38. The zero-order valence-corrected chi connectivity index (χ0v) is 10.5. The highest BCUT2D eigenvalue weighted by molar-refractivity contribution is 7.09. The Balaban J connectivity index is 2.34. The van der Waals surface area contributed by atoms with Gasteiger partial charge in [0.2, 0.25) is 0 Å². The van der Waals surface area contributed by atoms with Crippen molar-refractivity contribution in [3.63, 3.8) is 0 Å². The summed E-state index contributed by atoms with van der Waals surface area (Å²) in [6, 6.07) is -0.389. The zero-order valence-electron chi connectivity index (χ0n) is 9.73. The quantitative estimate of drug-likeness (QED) is 0.732. The van der Waals surface area contributed by atoms with Gasteiger partial charge in [0.1, 0.15) is 5.01 Å². The minimum atomic E-state index is -0.389. The summed E-state index contributed by atoms with van der Waals surface area (Å²) in [4.78, 5) is 16.0. The number of ketones is 1. The summed E-state index contributed by atoms with van der Waals surface area (Å²) in [7, 11) is 1.64. The van der Waals surface area contributed by atoms with Gasteiger partial charge in [0, 0.05) is 24.8 Å². The second kappa shape index (κ2) is 6.73. The number of aromatic nitrogens is 1. The summed E-state index contributed by atoms with van der Waals surface area (Å²) in [5.41, 5.74) is 6.74. The van der Waals surface area contributed by atoms with Gasteiger partial charge < -0.3 is 10.5 Å². The predicted molar refractivity (Wildman–Crippen MR) is 64.6 cm³/mol. The van der Waals surface area contributed by atoms with Crippen LogP contribution >= 0.6 is 11.3 Å². The van der Waals surface area contributed by atoms with E-state index in [1.54, 1.807) is 7.11 Å². The van der Waals surface area contributed by atoms with Crippen LogP contribution in [-0.2, 0) is 16.0 Å². The summed E-state index contributed by atoms with van der Waals surface area (Å²) in [6.07, 6.45) is 1.85. The second-order valence-corrected chi connectivity index (χ2v) is 4.71. The van der Waals surface area contributed by atoms with Crippen LogP contribution in [0.25, 0.3) is 0 Å². The van der Waals surface area contributed by atoms with E-state index < -0.39 is 0 Å². The van der Waals surface area contributed by atoms with Crippen molar-refractivity contribution in [1.82, 2.24) is 4.98 Å². The standard InChI is InChI=1S/C11H18N2O2S/c1-8-7-16-11(13-8)6-10(14)9(12)4-3-5-15-2/h7,9H,3-6,12H2,1-2H3. The van der Waals surface area contributed by atoms with Gasteiger partial charge in [-0.2, -0.15) is 0 Å².